The van der Waals surface area contributed by atoms with Crippen LogP contribution < -0.4 is 10.3 Å². The minimum absolute atomic E-state index is 0.0687. The van der Waals surface area contributed by atoms with Crippen LogP contribution in [0.15, 0.2) is 59.5 Å². The molecular formula is C20H17F3N2O2. The summed E-state index contributed by atoms with van der Waals surface area (Å²) < 4.78 is 45.2. The third-order valence-electron chi connectivity index (χ3n) is 4.26. The molecule has 0 bridgehead atoms. The first-order valence-corrected chi connectivity index (χ1v) is 8.17. The summed E-state index contributed by atoms with van der Waals surface area (Å²) in [6.07, 6.45) is -2.90. The van der Waals surface area contributed by atoms with E-state index in [0.717, 1.165) is 23.3 Å². The number of nitrogens with zero attached hydrogens (tertiary/aromatic N) is 2. The number of hydrogen-bond acceptors (Lipinski definition) is 3. The zero-order valence-corrected chi connectivity index (χ0v) is 14.7. The molecule has 0 N–H and O–H groups in total. The summed E-state index contributed by atoms with van der Waals surface area (Å²) in [6, 6.07) is 12.3. The molecule has 0 saturated carbocycles. The van der Waals surface area contributed by atoms with Crippen LogP contribution in [0.1, 0.15) is 16.7 Å². The number of rotatable bonds is 4. The molecule has 0 saturated heterocycles. The first kappa shape index (κ1) is 18.7. The van der Waals surface area contributed by atoms with Crippen LogP contribution in [0.25, 0.3) is 11.4 Å². The fourth-order valence-electron chi connectivity index (χ4n) is 2.74. The smallest absolute Gasteiger partial charge is 0.416 e. The molecule has 0 fully saturated rings. The molecule has 4 nitrogen and oxygen atoms in total. The number of ether oxygens (including phenoxy) is 1. The number of hydrogen-bond donors (Lipinski definition) is 0. The van der Waals surface area contributed by atoms with Crippen molar-refractivity contribution in [1.82, 2.24) is 9.55 Å². The van der Waals surface area contributed by atoms with E-state index in [1.807, 2.05) is 31.2 Å². The van der Waals surface area contributed by atoms with Gasteiger partial charge in [0.15, 0.2) is 0 Å². The minimum Gasteiger partial charge on any atom is -0.490 e. The Morgan fingerprint density at radius 1 is 1.07 bits per heavy atom. The van der Waals surface area contributed by atoms with Crippen molar-refractivity contribution in [2.45, 2.75) is 19.6 Å². The van der Waals surface area contributed by atoms with Gasteiger partial charge in [-0.1, -0.05) is 36.4 Å². The highest BCUT2D eigenvalue weighted by Crippen LogP contribution is 2.30. The maximum Gasteiger partial charge on any atom is 0.416 e. The van der Waals surface area contributed by atoms with Gasteiger partial charge in [-0.15, -0.1) is 0 Å². The highest BCUT2D eigenvalue weighted by Gasteiger charge is 2.30. The molecule has 0 atom stereocenters. The Labute approximate surface area is 153 Å². The molecule has 0 unspecified atom stereocenters. The Balaban J connectivity index is 2.10. The number of halogens is 3. The zero-order chi connectivity index (χ0) is 19.6. The molecule has 0 aliphatic carbocycles. The van der Waals surface area contributed by atoms with Gasteiger partial charge >= 0.3 is 11.7 Å². The third kappa shape index (κ3) is 4.02. The second-order valence-corrected chi connectivity index (χ2v) is 6.07. The number of methoxy groups -OCH3 is 1. The van der Waals surface area contributed by atoms with Gasteiger partial charge in [0.05, 0.1) is 18.9 Å². The van der Waals surface area contributed by atoms with Crippen LogP contribution in [-0.2, 0) is 12.7 Å². The van der Waals surface area contributed by atoms with Gasteiger partial charge in [0.2, 0.25) is 5.75 Å². The number of benzene rings is 2. The lowest BCUT2D eigenvalue weighted by Crippen LogP contribution is -2.18. The molecule has 0 radical (unpaired) electrons. The van der Waals surface area contributed by atoms with Gasteiger partial charge in [-0.3, -0.25) is 4.79 Å². The van der Waals surface area contributed by atoms with Crippen LogP contribution >= 0.6 is 0 Å². The van der Waals surface area contributed by atoms with E-state index in [0.29, 0.717) is 12.1 Å². The van der Waals surface area contributed by atoms with Gasteiger partial charge < -0.3 is 9.30 Å². The molecule has 7 heteroatoms. The van der Waals surface area contributed by atoms with E-state index < -0.39 is 17.3 Å². The number of aromatic nitrogens is 2. The van der Waals surface area contributed by atoms with Gasteiger partial charge in [0.1, 0.15) is 5.82 Å². The van der Waals surface area contributed by atoms with Crippen LogP contribution in [-0.4, -0.2) is 16.7 Å². The van der Waals surface area contributed by atoms with Crippen LogP contribution in [0.5, 0.6) is 5.75 Å². The molecule has 1 heterocycles. The van der Waals surface area contributed by atoms with Crippen molar-refractivity contribution in [2.75, 3.05) is 7.11 Å². The van der Waals surface area contributed by atoms with E-state index in [4.69, 9.17) is 4.74 Å². The summed E-state index contributed by atoms with van der Waals surface area (Å²) in [7, 11) is 1.37. The molecule has 0 aliphatic rings. The predicted octanol–water partition coefficient (Wildman–Crippen LogP) is 4.29. The van der Waals surface area contributed by atoms with Gasteiger partial charge in [-0.05, 0) is 30.2 Å². The SMILES string of the molecule is COc1cn(Cc2ccccc2C)c(-c2ccc(C(F)(F)F)cc2)nc1=O. The highest BCUT2D eigenvalue weighted by atomic mass is 19.4. The summed E-state index contributed by atoms with van der Waals surface area (Å²) in [5, 5.41) is 0. The molecule has 2 aromatic carbocycles. The number of aryl methyl sites for hydroxylation is 1. The lowest BCUT2D eigenvalue weighted by Gasteiger charge is -2.16. The first-order valence-electron chi connectivity index (χ1n) is 8.17. The average Bonchev–Trinajstić information content (AvgIpc) is 2.64. The molecule has 3 aromatic rings. The Hall–Kier alpha value is -3.09. The molecule has 0 spiro atoms. The lowest BCUT2D eigenvalue weighted by molar-refractivity contribution is -0.137. The summed E-state index contributed by atoms with van der Waals surface area (Å²) in [4.78, 5) is 16.1. The highest BCUT2D eigenvalue weighted by molar-refractivity contribution is 5.56. The zero-order valence-electron chi connectivity index (χ0n) is 14.7. The van der Waals surface area contributed by atoms with E-state index in [1.165, 1.54) is 25.4 Å². The van der Waals surface area contributed by atoms with Crippen LogP contribution in [0.2, 0.25) is 0 Å². The molecular weight excluding hydrogens is 357 g/mol. The molecule has 0 aliphatic heterocycles. The topological polar surface area (TPSA) is 44.1 Å². The Morgan fingerprint density at radius 3 is 2.33 bits per heavy atom. The fraction of sp³-hybridized carbons (Fsp3) is 0.200. The normalized spacial score (nSPS) is 11.4. The van der Waals surface area contributed by atoms with Crippen molar-refractivity contribution < 1.29 is 17.9 Å². The van der Waals surface area contributed by atoms with Crippen LogP contribution in [0.3, 0.4) is 0 Å². The molecule has 1 aromatic heterocycles. The Bertz CT molecular complexity index is 1010. The van der Waals surface area contributed by atoms with Gasteiger partial charge in [-0.25, -0.2) is 0 Å². The Morgan fingerprint density at radius 2 is 1.74 bits per heavy atom. The second kappa shape index (κ2) is 7.26. The van der Waals surface area contributed by atoms with E-state index in [9.17, 15) is 18.0 Å². The van der Waals surface area contributed by atoms with E-state index in [1.54, 1.807) is 4.57 Å². The standard InChI is InChI=1S/C20H17F3N2O2/c1-13-5-3-4-6-15(13)11-25-12-17(27-2)19(26)24-18(25)14-7-9-16(10-8-14)20(21,22)23/h3-10,12H,11H2,1-2H3. The number of alkyl halides is 3. The van der Waals surface area contributed by atoms with Gasteiger partial charge in [0.25, 0.3) is 0 Å². The third-order valence-corrected chi connectivity index (χ3v) is 4.26. The lowest BCUT2D eigenvalue weighted by atomic mass is 10.1. The monoisotopic (exact) mass is 374 g/mol. The van der Waals surface area contributed by atoms with Crippen molar-refractivity contribution in [3.05, 3.63) is 81.8 Å². The van der Waals surface area contributed by atoms with E-state index in [-0.39, 0.29) is 11.6 Å². The fourth-order valence-corrected chi connectivity index (χ4v) is 2.74. The van der Waals surface area contributed by atoms with Crippen molar-refractivity contribution in [3.8, 4) is 17.1 Å². The quantitative estimate of drug-likeness (QED) is 0.684. The summed E-state index contributed by atoms with van der Waals surface area (Å²) in [6.45, 7) is 2.35. The van der Waals surface area contributed by atoms with Crippen molar-refractivity contribution in [1.29, 1.82) is 0 Å². The van der Waals surface area contributed by atoms with Crippen molar-refractivity contribution in [2.24, 2.45) is 0 Å². The molecule has 27 heavy (non-hydrogen) atoms. The largest absolute Gasteiger partial charge is 0.490 e. The van der Waals surface area contributed by atoms with Crippen LogP contribution in [0.4, 0.5) is 13.2 Å². The maximum atomic E-state index is 12.8. The van der Waals surface area contributed by atoms with Gasteiger partial charge in [-0.2, -0.15) is 18.2 Å². The van der Waals surface area contributed by atoms with Crippen LogP contribution in [0, 0.1) is 6.92 Å². The second-order valence-electron chi connectivity index (χ2n) is 6.07. The predicted molar refractivity (Wildman–Crippen MR) is 95.8 cm³/mol. The van der Waals surface area contributed by atoms with E-state index >= 15 is 0 Å². The molecule has 140 valence electrons. The summed E-state index contributed by atoms with van der Waals surface area (Å²) >= 11 is 0. The first-order chi connectivity index (χ1) is 12.8. The minimum atomic E-state index is -4.42. The van der Waals surface area contributed by atoms with E-state index in [2.05, 4.69) is 4.98 Å². The summed E-state index contributed by atoms with van der Waals surface area (Å²) in [5.41, 5.74) is 1.13. The molecule has 3 rings (SSSR count). The van der Waals surface area contributed by atoms with Crippen molar-refractivity contribution in [3.63, 3.8) is 0 Å². The molecule has 0 amide bonds. The van der Waals surface area contributed by atoms with Crippen molar-refractivity contribution >= 4 is 0 Å². The maximum absolute atomic E-state index is 12.8. The Kier molecular flexibility index (Phi) is 5.03. The summed E-state index contributed by atoms with van der Waals surface area (Å²) in [5.74, 6) is 0.344. The van der Waals surface area contributed by atoms with Gasteiger partial charge in [0, 0.05) is 12.1 Å². The average molecular weight is 374 g/mol.